The van der Waals surface area contributed by atoms with Crippen LogP contribution in [-0.4, -0.2) is 28.3 Å². The van der Waals surface area contributed by atoms with Gasteiger partial charge in [0.05, 0.1) is 0 Å². The van der Waals surface area contributed by atoms with E-state index in [1.807, 2.05) is 6.08 Å². The summed E-state index contributed by atoms with van der Waals surface area (Å²) in [7, 11) is -0.532. The Morgan fingerprint density at radius 2 is 2.18 bits per heavy atom. The molecule has 1 aliphatic heterocycles. The van der Waals surface area contributed by atoms with Crippen LogP contribution in [0.3, 0.4) is 0 Å². The third-order valence-corrected chi connectivity index (χ3v) is 3.32. The molecule has 11 heavy (non-hydrogen) atoms. The standard InChI is InChI=1S/C8H15NOS/c1-2-5-9-8-3-6-11(10)7-4-8/h2,8-9H,1,3-7H2. The molecule has 0 spiro atoms. The average molecular weight is 173 g/mol. The second-order valence-corrected chi connectivity index (χ2v) is 4.52. The first-order valence-corrected chi connectivity index (χ1v) is 5.51. The lowest BCUT2D eigenvalue weighted by Crippen LogP contribution is -2.35. The SMILES string of the molecule is C=CCNC1CCS(=O)CC1. The van der Waals surface area contributed by atoms with Gasteiger partial charge in [-0.15, -0.1) is 6.58 Å². The lowest BCUT2D eigenvalue weighted by Gasteiger charge is -2.21. The van der Waals surface area contributed by atoms with Crippen molar-refractivity contribution in [2.45, 2.75) is 18.9 Å². The molecule has 0 aliphatic carbocycles. The van der Waals surface area contributed by atoms with Gasteiger partial charge in [0.2, 0.25) is 0 Å². The smallest absolute Gasteiger partial charge is 0.0249 e. The normalized spacial score (nSPS) is 31.6. The highest BCUT2D eigenvalue weighted by Gasteiger charge is 2.15. The van der Waals surface area contributed by atoms with E-state index in [9.17, 15) is 4.21 Å². The van der Waals surface area contributed by atoms with E-state index in [0.29, 0.717) is 6.04 Å². The number of nitrogens with one attached hydrogen (secondary N) is 1. The Labute approximate surface area is 70.5 Å². The van der Waals surface area contributed by atoms with Gasteiger partial charge in [0.25, 0.3) is 0 Å². The molecule has 0 amide bonds. The van der Waals surface area contributed by atoms with Crippen LogP contribution in [0.4, 0.5) is 0 Å². The summed E-state index contributed by atoms with van der Waals surface area (Å²) >= 11 is 0. The minimum absolute atomic E-state index is 0.532. The monoisotopic (exact) mass is 173 g/mol. The van der Waals surface area contributed by atoms with E-state index in [1.165, 1.54) is 0 Å². The largest absolute Gasteiger partial charge is 0.310 e. The summed E-state index contributed by atoms with van der Waals surface area (Å²) in [6.07, 6.45) is 3.98. The first-order chi connectivity index (χ1) is 5.33. The van der Waals surface area contributed by atoms with E-state index in [1.54, 1.807) is 0 Å². The zero-order valence-electron chi connectivity index (χ0n) is 6.71. The van der Waals surface area contributed by atoms with Crippen molar-refractivity contribution in [1.82, 2.24) is 5.32 Å². The Balaban J connectivity index is 2.16. The summed E-state index contributed by atoms with van der Waals surface area (Å²) < 4.78 is 10.9. The molecule has 1 fully saturated rings. The Bertz CT molecular complexity index is 145. The highest BCUT2D eigenvalue weighted by molar-refractivity contribution is 7.85. The maximum atomic E-state index is 10.9. The first-order valence-electron chi connectivity index (χ1n) is 4.02. The van der Waals surface area contributed by atoms with Gasteiger partial charge in [0.15, 0.2) is 0 Å². The van der Waals surface area contributed by atoms with Crippen molar-refractivity contribution in [2.24, 2.45) is 0 Å². The van der Waals surface area contributed by atoms with E-state index in [2.05, 4.69) is 11.9 Å². The summed E-state index contributed by atoms with van der Waals surface area (Å²) in [5, 5.41) is 3.34. The molecular formula is C8H15NOS. The number of rotatable bonds is 3. The van der Waals surface area contributed by atoms with Gasteiger partial charge in [-0.05, 0) is 12.8 Å². The van der Waals surface area contributed by atoms with Crippen LogP contribution in [0.15, 0.2) is 12.7 Å². The molecule has 0 saturated carbocycles. The molecule has 0 unspecified atom stereocenters. The molecule has 1 N–H and O–H groups in total. The van der Waals surface area contributed by atoms with Crippen LogP contribution in [-0.2, 0) is 10.8 Å². The Morgan fingerprint density at radius 1 is 1.55 bits per heavy atom. The Hall–Kier alpha value is -0.150. The summed E-state index contributed by atoms with van der Waals surface area (Å²) in [5.74, 6) is 1.74. The van der Waals surface area contributed by atoms with Gasteiger partial charge in [-0.3, -0.25) is 4.21 Å². The molecule has 0 atom stereocenters. The molecule has 0 aromatic carbocycles. The number of hydrogen-bond donors (Lipinski definition) is 1. The molecule has 3 heteroatoms. The lowest BCUT2D eigenvalue weighted by atomic mass is 10.1. The third-order valence-electron chi connectivity index (χ3n) is 1.94. The summed E-state index contributed by atoms with van der Waals surface area (Å²) in [6, 6.07) is 0.575. The molecule has 1 rings (SSSR count). The second-order valence-electron chi connectivity index (χ2n) is 2.82. The molecule has 0 aromatic heterocycles. The first kappa shape index (κ1) is 8.94. The topological polar surface area (TPSA) is 29.1 Å². The molecule has 2 nitrogen and oxygen atoms in total. The number of hydrogen-bond acceptors (Lipinski definition) is 2. The van der Waals surface area contributed by atoms with Gasteiger partial charge in [-0.25, -0.2) is 0 Å². The molecule has 0 aromatic rings. The predicted molar refractivity (Wildman–Crippen MR) is 49.1 cm³/mol. The maximum absolute atomic E-state index is 10.9. The summed E-state index contributed by atoms with van der Waals surface area (Å²) in [4.78, 5) is 0. The zero-order valence-corrected chi connectivity index (χ0v) is 7.53. The van der Waals surface area contributed by atoms with Crippen molar-refractivity contribution in [3.05, 3.63) is 12.7 Å². The lowest BCUT2D eigenvalue weighted by molar-refractivity contribution is 0.499. The van der Waals surface area contributed by atoms with Crippen LogP contribution < -0.4 is 5.32 Å². The van der Waals surface area contributed by atoms with Crippen molar-refractivity contribution >= 4 is 10.8 Å². The zero-order chi connectivity index (χ0) is 8.10. The molecule has 1 aliphatic rings. The predicted octanol–water partition coefficient (Wildman–Crippen LogP) is 0.673. The van der Waals surface area contributed by atoms with Crippen LogP contribution in [0.1, 0.15) is 12.8 Å². The molecule has 1 heterocycles. The molecule has 0 radical (unpaired) electrons. The highest BCUT2D eigenvalue weighted by Crippen LogP contribution is 2.08. The van der Waals surface area contributed by atoms with Crippen LogP contribution in [0, 0.1) is 0 Å². The average Bonchev–Trinajstić information content (AvgIpc) is 2.04. The van der Waals surface area contributed by atoms with E-state index >= 15 is 0 Å². The minimum atomic E-state index is -0.532. The molecule has 0 bridgehead atoms. The fourth-order valence-electron chi connectivity index (χ4n) is 1.25. The molecule has 1 saturated heterocycles. The van der Waals surface area contributed by atoms with Crippen molar-refractivity contribution in [3.63, 3.8) is 0 Å². The summed E-state index contributed by atoms with van der Waals surface area (Å²) in [6.45, 7) is 4.51. The third kappa shape index (κ3) is 3.16. The van der Waals surface area contributed by atoms with E-state index in [4.69, 9.17) is 0 Å². The van der Waals surface area contributed by atoms with Crippen LogP contribution in [0.2, 0.25) is 0 Å². The van der Waals surface area contributed by atoms with Crippen molar-refractivity contribution in [1.29, 1.82) is 0 Å². The second kappa shape index (κ2) is 4.67. The highest BCUT2D eigenvalue weighted by atomic mass is 32.2. The van der Waals surface area contributed by atoms with E-state index < -0.39 is 10.8 Å². The van der Waals surface area contributed by atoms with Gasteiger partial charge in [0, 0.05) is 34.9 Å². The van der Waals surface area contributed by atoms with Crippen molar-refractivity contribution in [2.75, 3.05) is 18.1 Å². The van der Waals surface area contributed by atoms with Gasteiger partial charge in [0.1, 0.15) is 0 Å². The molecule has 64 valence electrons. The van der Waals surface area contributed by atoms with Gasteiger partial charge in [-0.1, -0.05) is 6.08 Å². The van der Waals surface area contributed by atoms with Crippen molar-refractivity contribution in [3.8, 4) is 0 Å². The minimum Gasteiger partial charge on any atom is -0.310 e. The van der Waals surface area contributed by atoms with E-state index in [-0.39, 0.29) is 0 Å². The Kier molecular flexibility index (Phi) is 3.80. The van der Waals surface area contributed by atoms with Gasteiger partial charge < -0.3 is 5.32 Å². The Morgan fingerprint density at radius 3 is 2.73 bits per heavy atom. The quantitative estimate of drug-likeness (QED) is 0.636. The van der Waals surface area contributed by atoms with Gasteiger partial charge >= 0.3 is 0 Å². The van der Waals surface area contributed by atoms with Crippen molar-refractivity contribution < 1.29 is 4.21 Å². The van der Waals surface area contributed by atoms with Crippen LogP contribution in [0.5, 0.6) is 0 Å². The maximum Gasteiger partial charge on any atom is 0.0249 e. The van der Waals surface area contributed by atoms with Crippen LogP contribution in [0.25, 0.3) is 0 Å². The fourth-order valence-corrected chi connectivity index (χ4v) is 2.55. The van der Waals surface area contributed by atoms with E-state index in [0.717, 1.165) is 30.9 Å². The van der Waals surface area contributed by atoms with Gasteiger partial charge in [-0.2, -0.15) is 0 Å². The molecular weight excluding hydrogens is 158 g/mol. The van der Waals surface area contributed by atoms with Crippen LogP contribution >= 0.6 is 0 Å². The summed E-state index contributed by atoms with van der Waals surface area (Å²) in [5.41, 5.74) is 0. The fraction of sp³-hybridized carbons (Fsp3) is 0.750.